The maximum Gasteiger partial charge on any atom is 0.289 e. The zero-order chi connectivity index (χ0) is 22.7. The minimum absolute atomic E-state index is 0.0526. The van der Waals surface area contributed by atoms with Crippen LogP contribution in [-0.4, -0.2) is 48.3 Å². The summed E-state index contributed by atoms with van der Waals surface area (Å²) < 4.78 is 33.3. The number of fused-ring (bicyclic) bond motifs is 2. The molecule has 0 radical (unpaired) electrons. The maximum absolute atomic E-state index is 13.6. The lowest BCUT2D eigenvalue weighted by Gasteiger charge is -2.48. The van der Waals surface area contributed by atoms with E-state index in [4.69, 9.17) is 4.43 Å². The van der Waals surface area contributed by atoms with Gasteiger partial charge in [0.1, 0.15) is 10.6 Å². The Kier molecular flexibility index (Phi) is 5.69. The van der Waals surface area contributed by atoms with E-state index in [-0.39, 0.29) is 17.2 Å². The van der Waals surface area contributed by atoms with Crippen molar-refractivity contribution in [2.45, 2.75) is 66.8 Å². The van der Waals surface area contributed by atoms with Crippen molar-refractivity contribution in [3.8, 4) is 0 Å². The van der Waals surface area contributed by atoms with Crippen molar-refractivity contribution in [3.63, 3.8) is 0 Å². The number of nitro groups is 1. The Morgan fingerprint density at radius 2 is 1.90 bits per heavy atom. The third kappa shape index (κ3) is 3.60. The van der Waals surface area contributed by atoms with Crippen molar-refractivity contribution in [1.82, 2.24) is 4.31 Å². The first-order valence-electron chi connectivity index (χ1n) is 9.50. The number of rotatable bonds is 5. The van der Waals surface area contributed by atoms with E-state index in [0.717, 1.165) is 10.4 Å². The number of hydrogen-bond donors (Lipinski definition) is 0. The zero-order valence-corrected chi connectivity index (χ0v) is 20.9. The van der Waals surface area contributed by atoms with Gasteiger partial charge in [0, 0.05) is 12.5 Å². The van der Waals surface area contributed by atoms with E-state index >= 15 is 0 Å². The van der Waals surface area contributed by atoms with Gasteiger partial charge in [-0.2, -0.15) is 4.31 Å². The molecule has 3 unspecified atom stereocenters. The van der Waals surface area contributed by atoms with E-state index in [2.05, 4.69) is 15.9 Å². The number of halogens is 1. The second-order valence-electron chi connectivity index (χ2n) is 9.11. The molecule has 3 rings (SSSR count). The highest BCUT2D eigenvalue weighted by Crippen LogP contribution is 2.50. The number of alkyl halides is 1. The number of hydrogen-bond acceptors (Lipinski definition) is 6. The third-order valence-electron chi connectivity index (χ3n) is 6.08. The molecule has 30 heavy (non-hydrogen) atoms. The molecule has 0 N–H and O–H groups in total. The molecular formula is C19H25BrN2O6SSi. The van der Waals surface area contributed by atoms with Gasteiger partial charge < -0.3 is 4.43 Å². The number of para-hydroxylation sites is 1. The maximum atomic E-state index is 13.6. The fourth-order valence-corrected chi connectivity index (χ4v) is 8.12. The van der Waals surface area contributed by atoms with E-state index in [1.165, 1.54) is 18.2 Å². The smallest absolute Gasteiger partial charge is 0.289 e. The first-order chi connectivity index (χ1) is 13.6. The number of nitro benzene ring substituents is 1. The quantitative estimate of drug-likeness (QED) is 0.146. The molecule has 0 aliphatic carbocycles. The first kappa shape index (κ1) is 23.3. The first-order valence-corrected chi connectivity index (χ1v) is 14.6. The molecule has 2 aliphatic rings. The summed E-state index contributed by atoms with van der Waals surface area (Å²) >= 11 is 3.49. The SMILES string of the molecule is CC(C)(C)[Si](C)(C)OC1C(=O)CC2C=CC1(Br)N2S(=O)(=O)c1ccccc1[N+](=O)[O-]. The molecule has 0 amide bonds. The second-order valence-corrected chi connectivity index (χ2v) is 16.9. The molecule has 1 aromatic rings. The van der Waals surface area contributed by atoms with Gasteiger partial charge in [-0.05, 0) is 24.2 Å². The van der Waals surface area contributed by atoms with Crippen molar-refractivity contribution in [1.29, 1.82) is 0 Å². The molecule has 11 heteroatoms. The third-order valence-corrected chi connectivity index (χ3v) is 13.8. The number of piperidine rings is 1. The number of benzene rings is 1. The molecule has 2 aliphatic heterocycles. The normalized spacial score (nSPS) is 27.5. The minimum atomic E-state index is -4.31. The highest BCUT2D eigenvalue weighted by molar-refractivity contribution is 9.10. The van der Waals surface area contributed by atoms with Crippen LogP contribution in [0.2, 0.25) is 18.1 Å². The Hall–Kier alpha value is -1.40. The molecule has 164 valence electrons. The van der Waals surface area contributed by atoms with Crippen LogP contribution in [0.4, 0.5) is 5.69 Å². The molecule has 2 heterocycles. The number of sulfonamides is 1. The highest BCUT2D eigenvalue weighted by atomic mass is 79.9. The summed E-state index contributed by atoms with van der Waals surface area (Å²) in [5.74, 6) is -0.194. The van der Waals surface area contributed by atoms with Crippen LogP contribution in [0, 0.1) is 10.1 Å². The van der Waals surface area contributed by atoms with E-state index in [9.17, 15) is 23.3 Å². The monoisotopic (exact) mass is 516 g/mol. The molecule has 0 spiro atoms. The number of carbonyl (C=O) groups excluding carboxylic acids is 1. The number of carbonyl (C=O) groups is 1. The van der Waals surface area contributed by atoms with E-state index in [1.807, 2.05) is 33.9 Å². The summed E-state index contributed by atoms with van der Waals surface area (Å²) in [6.45, 7) is 10.1. The average Bonchev–Trinajstić information content (AvgIpc) is 2.90. The van der Waals surface area contributed by atoms with Gasteiger partial charge >= 0.3 is 0 Å². The van der Waals surface area contributed by atoms with Gasteiger partial charge in [-0.25, -0.2) is 8.42 Å². The summed E-state index contributed by atoms with van der Waals surface area (Å²) in [6.07, 6.45) is 2.16. The lowest BCUT2D eigenvalue weighted by Crippen LogP contribution is -2.64. The fraction of sp³-hybridized carbons (Fsp3) is 0.526. The molecule has 1 fully saturated rings. The van der Waals surface area contributed by atoms with Gasteiger partial charge in [0.25, 0.3) is 15.7 Å². The number of ketones is 1. The van der Waals surface area contributed by atoms with Gasteiger partial charge in [-0.1, -0.05) is 61.0 Å². The van der Waals surface area contributed by atoms with Crippen LogP contribution in [0.25, 0.3) is 0 Å². The van der Waals surface area contributed by atoms with Crippen molar-refractivity contribution in [2.75, 3.05) is 0 Å². The number of Topliss-reactive ketones (excluding diaryl/α,β-unsaturated/α-hetero) is 1. The average molecular weight is 517 g/mol. The Morgan fingerprint density at radius 3 is 2.47 bits per heavy atom. The highest BCUT2D eigenvalue weighted by Gasteiger charge is 2.61. The topological polar surface area (TPSA) is 107 Å². The summed E-state index contributed by atoms with van der Waals surface area (Å²) in [7, 11) is -6.75. The largest absolute Gasteiger partial charge is 0.404 e. The summed E-state index contributed by atoms with van der Waals surface area (Å²) in [5, 5.41) is 11.2. The van der Waals surface area contributed by atoms with Gasteiger partial charge in [-0.3, -0.25) is 14.9 Å². The van der Waals surface area contributed by atoms with Crippen molar-refractivity contribution < 1.29 is 22.6 Å². The zero-order valence-electron chi connectivity index (χ0n) is 17.5. The van der Waals surface area contributed by atoms with Crippen LogP contribution in [0.1, 0.15) is 27.2 Å². The molecule has 0 aromatic heterocycles. The van der Waals surface area contributed by atoms with Crippen LogP contribution in [0.15, 0.2) is 41.3 Å². The predicted molar refractivity (Wildman–Crippen MR) is 118 cm³/mol. The van der Waals surface area contributed by atoms with Crippen molar-refractivity contribution in [2.24, 2.45) is 0 Å². The number of nitrogens with zero attached hydrogens (tertiary/aromatic N) is 2. The molecule has 0 saturated carbocycles. The van der Waals surface area contributed by atoms with Crippen LogP contribution in [0.3, 0.4) is 0 Å². The summed E-state index contributed by atoms with van der Waals surface area (Å²) in [5.41, 5.74) is -0.508. The van der Waals surface area contributed by atoms with Crippen molar-refractivity contribution >= 4 is 45.7 Å². The second kappa shape index (κ2) is 7.33. The molecule has 3 atom stereocenters. The van der Waals surface area contributed by atoms with E-state index < -0.39 is 50.4 Å². The van der Waals surface area contributed by atoms with Gasteiger partial charge in [0.05, 0.1) is 11.0 Å². The molecule has 2 bridgehead atoms. The lowest BCUT2D eigenvalue weighted by atomic mass is 10.0. The molecule has 1 aromatic carbocycles. The minimum Gasteiger partial charge on any atom is -0.404 e. The van der Waals surface area contributed by atoms with Crippen LogP contribution >= 0.6 is 15.9 Å². The standard InChI is InChI=1S/C19H25BrN2O6SSi/c1-18(2,3)30(4,5)28-17-15(23)12-13-10-11-19(17,20)21(13)29(26,27)16-9-7-6-8-14(16)22(24)25/h6-11,13,17H,12H2,1-5H3. The predicted octanol–water partition coefficient (Wildman–Crippen LogP) is 3.98. The van der Waals surface area contributed by atoms with Gasteiger partial charge in [0.15, 0.2) is 19.0 Å². The van der Waals surface area contributed by atoms with Crippen LogP contribution in [0.5, 0.6) is 0 Å². The van der Waals surface area contributed by atoms with Gasteiger partial charge in [0.2, 0.25) is 0 Å². The van der Waals surface area contributed by atoms with Crippen LogP contribution < -0.4 is 0 Å². The summed E-state index contributed by atoms with van der Waals surface area (Å²) in [6, 6.07) is 4.48. The molecule has 1 saturated heterocycles. The van der Waals surface area contributed by atoms with E-state index in [0.29, 0.717) is 0 Å². The van der Waals surface area contributed by atoms with Crippen molar-refractivity contribution in [3.05, 3.63) is 46.5 Å². The fourth-order valence-electron chi connectivity index (χ4n) is 3.46. The Morgan fingerprint density at radius 1 is 1.30 bits per heavy atom. The summed E-state index contributed by atoms with van der Waals surface area (Å²) in [4.78, 5) is 23.3. The van der Waals surface area contributed by atoms with E-state index in [1.54, 1.807) is 12.2 Å². The lowest BCUT2D eigenvalue weighted by molar-refractivity contribution is -0.387. The van der Waals surface area contributed by atoms with Gasteiger partial charge in [-0.15, -0.1) is 0 Å². The molecular weight excluding hydrogens is 492 g/mol. The Labute approximate surface area is 185 Å². The molecule has 8 nitrogen and oxygen atoms in total. The Bertz CT molecular complexity index is 1040. The Balaban J connectivity index is 2.10. The van der Waals surface area contributed by atoms with Crippen LogP contribution in [-0.2, 0) is 19.2 Å².